The smallest absolute Gasteiger partial charge is 0.278 e. The fourth-order valence-electron chi connectivity index (χ4n) is 2.69. The van der Waals surface area contributed by atoms with Gasteiger partial charge in [-0.15, -0.1) is 11.3 Å². The van der Waals surface area contributed by atoms with Crippen LogP contribution in [0.3, 0.4) is 0 Å². The van der Waals surface area contributed by atoms with E-state index in [0.717, 1.165) is 16.5 Å². The second-order valence-corrected chi connectivity index (χ2v) is 7.22. The molecule has 2 heterocycles. The van der Waals surface area contributed by atoms with E-state index >= 15 is 0 Å². The number of rotatable bonds is 4. The van der Waals surface area contributed by atoms with Crippen molar-refractivity contribution < 1.29 is 4.79 Å². The highest BCUT2D eigenvalue weighted by atomic mass is 35.5. The quantitative estimate of drug-likeness (QED) is 0.516. The van der Waals surface area contributed by atoms with Gasteiger partial charge in [0.25, 0.3) is 5.91 Å². The lowest BCUT2D eigenvalue weighted by Crippen LogP contribution is -2.13. The van der Waals surface area contributed by atoms with Gasteiger partial charge in [-0.05, 0) is 18.2 Å². The first-order valence-corrected chi connectivity index (χ1v) is 9.36. The van der Waals surface area contributed by atoms with Crippen molar-refractivity contribution in [3.05, 3.63) is 75.3 Å². The third-order valence-electron chi connectivity index (χ3n) is 3.90. The maximum atomic E-state index is 12.7. The summed E-state index contributed by atoms with van der Waals surface area (Å²) in [5, 5.41) is 11.5. The van der Waals surface area contributed by atoms with Crippen molar-refractivity contribution in [2.75, 3.05) is 5.32 Å². The molecule has 5 nitrogen and oxygen atoms in total. The van der Waals surface area contributed by atoms with Gasteiger partial charge in [0, 0.05) is 32.6 Å². The molecule has 0 radical (unpaired) electrons. The van der Waals surface area contributed by atoms with E-state index < -0.39 is 0 Å². The molecule has 130 valence electrons. The minimum atomic E-state index is -0.305. The summed E-state index contributed by atoms with van der Waals surface area (Å²) in [6.07, 6.45) is 1.64. The van der Waals surface area contributed by atoms with Crippen LogP contribution in [0, 0.1) is 0 Å². The van der Waals surface area contributed by atoms with Crippen LogP contribution in [-0.4, -0.2) is 20.7 Å². The summed E-state index contributed by atoms with van der Waals surface area (Å²) in [7, 11) is 0. The highest BCUT2D eigenvalue weighted by Crippen LogP contribution is 2.27. The molecule has 0 fully saturated rings. The zero-order valence-electron chi connectivity index (χ0n) is 13.3. The second kappa shape index (κ2) is 7.07. The van der Waals surface area contributed by atoms with E-state index in [1.807, 2.05) is 24.3 Å². The van der Waals surface area contributed by atoms with Crippen molar-refractivity contribution in [2.45, 2.75) is 6.54 Å². The van der Waals surface area contributed by atoms with Crippen LogP contribution >= 0.6 is 34.5 Å². The number of carbonyl (C=O) groups is 1. The normalized spacial score (nSPS) is 11.0. The lowest BCUT2D eigenvalue weighted by molar-refractivity contribution is 0.102. The number of fused-ring (bicyclic) bond motifs is 1. The molecule has 4 aromatic rings. The van der Waals surface area contributed by atoms with E-state index in [1.54, 1.807) is 34.5 Å². The Labute approximate surface area is 163 Å². The van der Waals surface area contributed by atoms with Gasteiger partial charge in [0.2, 0.25) is 0 Å². The van der Waals surface area contributed by atoms with Crippen LogP contribution in [0.15, 0.2) is 54.0 Å². The molecule has 8 heteroatoms. The van der Waals surface area contributed by atoms with Crippen LogP contribution < -0.4 is 5.32 Å². The number of halogens is 2. The zero-order chi connectivity index (χ0) is 18.1. The summed E-state index contributed by atoms with van der Waals surface area (Å²) in [6.45, 7) is 0.365. The predicted molar refractivity (Wildman–Crippen MR) is 105 cm³/mol. The van der Waals surface area contributed by atoms with E-state index in [1.165, 1.54) is 11.3 Å². The van der Waals surface area contributed by atoms with E-state index in [0.29, 0.717) is 27.4 Å². The molecule has 0 saturated heterocycles. The van der Waals surface area contributed by atoms with Crippen molar-refractivity contribution in [2.24, 2.45) is 0 Å². The van der Waals surface area contributed by atoms with Gasteiger partial charge in [0.1, 0.15) is 0 Å². The third kappa shape index (κ3) is 3.19. The molecule has 0 bridgehead atoms. The fourth-order valence-corrected chi connectivity index (χ4v) is 3.73. The number of hydrogen-bond donors (Lipinski definition) is 1. The first-order valence-electron chi connectivity index (χ1n) is 7.73. The molecule has 2 aromatic heterocycles. The molecule has 1 N–H and O–H groups in total. The third-order valence-corrected chi connectivity index (χ3v) is 5.29. The topological polar surface area (TPSA) is 59.8 Å². The standard InChI is InChI=1S/C18H12Cl2N4OS/c19-13-5-3-6-14(20)12(13)10-24-15-7-2-1-4-11(15)16(23-24)17(25)22-18-21-8-9-26-18/h1-9H,10H2,(H,21,22,25). The number of para-hydroxylation sites is 1. The Hall–Kier alpha value is -2.41. The van der Waals surface area contributed by atoms with Crippen LogP contribution in [0.5, 0.6) is 0 Å². The highest BCUT2D eigenvalue weighted by molar-refractivity contribution is 7.13. The summed E-state index contributed by atoms with van der Waals surface area (Å²) >= 11 is 13.9. The van der Waals surface area contributed by atoms with Crippen LogP contribution in [0.4, 0.5) is 5.13 Å². The molecular formula is C18H12Cl2N4OS. The minimum Gasteiger partial charge on any atom is -0.296 e. The molecule has 0 spiro atoms. The Morgan fingerprint density at radius 1 is 1.12 bits per heavy atom. The number of nitrogens with one attached hydrogen (secondary N) is 1. The van der Waals surface area contributed by atoms with Crippen molar-refractivity contribution in [3.63, 3.8) is 0 Å². The molecule has 1 amide bonds. The van der Waals surface area contributed by atoms with Gasteiger partial charge >= 0.3 is 0 Å². The van der Waals surface area contributed by atoms with Gasteiger partial charge in [0.15, 0.2) is 10.8 Å². The summed E-state index contributed by atoms with van der Waals surface area (Å²) in [4.78, 5) is 16.7. The SMILES string of the molecule is O=C(Nc1nccs1)c1nn(Cc2c(Cl)cccc2Cl)c2ccccc12. The summed E-state index contributed by atoms with van der Waals surface area (Å²) < 4.78 is 1.74. The minimum absolute atomic E-state index is 0.305. The van der Waals surface area contributed by atoms with E-state index in [2.05, 4.69) is 15.4 Å². The molecule has 0 unspecified atom stereocenters. The first-order chi connectivity index (χ1) is 12.6. The molecule has 0 saturated carbocycles. The van der Waals surface area contributed by atoms with Gasteiger partial charge in [-0.25, -0.2) is 4.98 Å². The lowest BCUT2D eigenvalue weighted by atomic mass is 10.2. The van der Waals surface area contributed by atoms with Gasteiger partial charge in [-0.1, -0.05) is 47.5 Å². The lowest BCUT2D eigenvalue weighted by Gasteiger charge is -2.08. The van der Waals surface area contributed by atoms with Crippen molar-refractivity contribution in [3.8, 4) is 0 Å². The maximum Gasteiger partial charge on any atom is 0.278 e. The highest BCUT2D eigenvalue weighted by Gasteiger charge is 2.19. The van der Waals surface area contributed by atoms with Gasteiger partial charge in [-0.2, -0.15) is 5.10 Å². The molecule has 4 rings (SSSR count). The number of aromatic nitrogens is 3. The van der Waals surface area contributed by atoms with Crippen molar-refractivity contribution >= 4 is 56.5 Å². The monoisotopic (exact) mass is 402 g/mol. The summed E-state index contributed by atoms with van der Waals surface area (Å²) in [6, 6.07) is 12.9. The van der Waals surface area contributed by atoms with Gasteiger partial charge in [0.05, 0.1) is 12.1 Å². The number of benzene rings is 2. The average Bonchev–Trinajstić information content (AvgIpc) is 3.26. The number of carbonyl (C=O) groups excluding carboxylic acids is 1. The average molecular weight is 403 g/mol. The zero-order valence-corrected chi connectivity index (χ0v) is 15.6. The van der Waals surface area contributed by atoms with Crippen LogP contribution in [0.25, 0.3) is 10.9 Å². The Morgan fingerprint density at radius 2 is 1.88 bits per heavy atom. The molecule has 2 aromatic carbocycles. The number of anilines is 1. The Morgan fingerprint density at radius 3 is 2.62 bits per heavy atom. The number of thiazole rings is 1. The van der Waals surface area contributed by atoms with E-state index in [9.17, 15) is 4.79 Å². The predicted octanol–water partition coefficient (Wildman–Crippen LogP) is 5.10. The molecule has 0 aliphatic carbocycles. The van der Waals surface area contributed by atoms with Crippen LogP contribution in [0.1, 0.15) is 16.1 Å². The van der Waals surface area contributed by atoms with Crippen molar-refractivity contribution in [1.82, 2.24) is 14.8 Å². The number of amides is 1. The van der Waals surface area contributed by atoms with Crippen molar-refractivity contribution in [1.29, 1.82) is 0 Å². The van der Waals surface area contributed by atoms with Gasteiger partial charge < -0.3 is 0 Å². The van der Waals surface area contributed by atoms with E-state index in [-0.39, 0.29) is 5.91 Å². The second-order valence-electron chi connectivity index (χ2n) is 5.51. The molecule has 0 atom stereocenters. The summed E-state index contributed by atoms with van der Waals surface area (Å²) in [5.41, 5.74) is 1.92. The Kier molecular flexibility index (Phi) is 4.63. The fraction of sp³-hybridized carbons (Fsp3) is 0.0556. The van der Waals surface area contributed by atoms with Gasteiger partial charge in [-0.3, -0.25) is 14.8 Å². The number of nitrogens with zero attached hydrogens (tertiary/aromatic N) is 3. The van der Waals surface area contributed by atoms with E-state index in [4.69, 9.17) is 23.2 Å². The maximum absolute atomic E-state index is 12.7. The molecule has 0 aliphatic rings. The summed E-state index contributed by atoms with van der Waals surface area (Å²) in [5.74, 6) is -0.305. The molecule has 26 heavy (non-hydrogen) atoms. The largest absolute Gasteiger partial charge is 0.296 e. The van der Waals surface area contributed by atoms with Crippen LogP contribution in [-0.2, 0) is 6.54 Å². The Balaban J connectivity index is 1.76. The molecular weight excluding hydrogens is 391 g/mol. The molecule has 0 aliphatic heterocycles. The number of hydrogen-bond acceptors (Lipinski definition) is 4. The Bertz CT molecular complexity index is 1070. The van der Waals surface area contributed by atoms with Crippen LogP contribution in [0.2, 0.25) is 10.0 Å². The first kappa shape index (κ1) is 17.0.